The number of nitro groups is 1. The molecule has 0 saturated heterocycles. The molecule has 0 heterocycles. The van der Waals surface area contributed by atoms with Crippen LogP contribution < -0.4 is 10.1 Å². The Bertz CT molecular complexity index is 999. The van der Waals surface area contributed by atoms with Crippen LogP contribution in [0, 0.1) is 15.9 Å². The monoisotopic (exact) mass is 398 g/mol. The van der Waals surface area contributed by atoms with E-state index in [4.69, 9.17) is 4.74 Å². The zero-order chi connectivity index (χ0) is 19.9. The maximum absolute atomic E-state index is 13.8. The highest BCUT2D eigenvalue weighted by Crippen LogP contribution is 2.33. The summed E-state index contributed by atoms with van der Waals surface area (Å²) in [6.07, 6.45) is 0. The van der Waals surface area contributed by atoms with Gasteiger partial charge in [0, 0.05) is 15.9 Å². The number of amides is 1. The second kappa shape index (κ2) is 9.01. The van der Waals surface area contributed by atoms with Crippen molar-refractivity contribution < 1.29 is 18.8 Å². The molecule has 0 spiro atoms. The van der Waals surface area contributed by atoms with Gasteiger partial charge in [-0.05, 0) is 30.3 Å². The normalized spacial score (nSPS) is 10.3. The fourth-order valence-electron chi connectivity index (χ4n) is 2.32. The second-order valence-electron chi connectivity index (χ2n) is 5.62. The number of carbonyl (C=O) groups excluding carboxylic acids is 1. The molecule has 0 aliphatic heterocycles. The van der Waals surface area contributed by atoms with Gasteiger partial charge in [0.2, 0.25) is 0 Å². The molecule has 0 aliphatic rings. The largest absolute Gasteiger partial charge is 0.481 e. The lowest BCUT2D eigenvalue weighted by molar-refractivity contribution is -0.385. The van der Waals surface area contributed by atoms with Gasteiger partial charge in [0.05, 0.1) is 16.7 Å². The molecule has 0 bridgehead atoms. The van der Waals surface area contributed by atoms with Gasteiger partial charge in [-0.25, -0.2) is 4.39 Å². The summed E-state index contributed by atoms with van der Waals surface area (Å²) in [6, 6.07) is 20.0. The zero-order valence-electron chi connectivity index (χ0n) is 14.5. The Hall–Kier alpha value is -3.39. The van der Waals surface area contributed by atoms with Crippen molar-refractivity contribution in [2.24, 2.45) is 0 Å². The van der Waals surface area contributed by atoms with Crippen molar-refractivity contribution in [3.63, 3.8) is 0 Å². The van der Waals surface area contributed by atoms with Gasteiger partial charge in [-0.1, -0.05) is 42.1 Å². The third-order valence-corrected chi connectivity index (χ3v) is 4.70. The number of halogens is 1. The molecule has 0 aromatic heterocycles. The van der Waals surface area contributed by atoms with Crippen LogP contribution in [-0.2, 0) is 4.79 Å². The molecule has 3 aromatic rings. The average Bonchev–Trinajstić information content (AvgIpc) is 2.69. The zero-order valence-corrected chi connectivity index (χ0v) is 15.3. The van der Waals surface area contributed by atoms with E-state index in [0.29, 0.717) is 5.69 Å². The molecule has 28 heavy (non-hydrogen) atoms. The smallest absolute Gasteiger partial charge is 0.272 e. The number of hydrogen-bond donors (Lipinski definition) is 1. The van der Waals surface area contributed by atoms with Crippen LogP contribution in [0.3, 0.4) is 0 Å². The van der Waals surface area contributed by atoms with Crippen LogP contribution in [0.1, 0.15) is 0 Å². The summed E-state index contributed by atoms with van der Waals surface area (Å²) >= 11 is 1.50. The number of benzene rings is 3. The Balaban J connectivity index is 1.63. The molecule has 0 atom stereocenters. The Morgan fingerprint density at radius 3 is 2.50 bits per heavy atom. The van der Waals surface area contributed by atoms with Crippen LogP contribution in [0.5, 0.6) is 5.75 Å². The minimum Gasteiger partial charge on any atom is -0.481 e. The molecule has 0 saturated carbocycles. The van der Waals surface area contributed by atoms with Gasteiger partial charge < -0.3 is 10.1 Å². The van der Waals surface area contributed by atoms with E-state index >= 15 is 0 Å². The molecule has 0 unspecified atom stereocenters. The van der Waals surface area contributed by atoms with E-state index in [-0.39, 0.29) is 11.4 Å². The molecule has 6 nitrogen and oxygen atoms in total. The number of para-hydroxylation sites is 1. The maximum atomic E-state index is 13.8. The van der Waals surface area contributed by atoms with Crippen LogP contribution >= 0.6 is 11.8 Å². The number of hydrogen-bond acceptors (Lipinski definition) is 5. The topological polar surface area (TPSA) is 81.5 Å². The number of nitro benzene ring substituents is 1. The molecule has 1 N–H and O–H groups in total. The maximum Gasteiger partial charge on any atom is 0.272 e. The number of ether oxygens (including phenoxy) is 1. The summed E-state index contributed by atoms with van der Waals surface area (Å²) < 4.78 is 19.0. The molecule has 0 radical (unpaired) electrons. The average molecular weight is 398 g/mol. The fourth-order valence-corrected chi connectivity index (χ4v) is 3.25. The van der Waals surface area contributed by atoms with Crippen LogP contribution in [0.25, 0.3) is 0 Å². The predicted molar refractivity (Wildman–Crippen MR) is 104 cm³/mol. The SMILES string of the molecule is O=C(COc1ccc([N+](=O)[O-])cc1F)Nc1ccccc1Sc1ccccc1. The fraction of sp³-hybridized carbons (Fsp3) is 0.0500. The van der Waals surface area contributed by atoms with Crippen molar-refractivity contribution in [1.29, 1.82) is 0 Å². The second-order valence-corrected chi connectivity index (χ2v) is 6.74. The molecule has 3 aromatic carbocycles. The Labute approximate surface area is 164 Å². The van der Waals surface area contributed by atoms with Crippen molar-refractivity contribution in [3.05, 3.63) is 88.7 Å². The van der Waals surface area contributed by atoms with Crippen LogP contribution in [0.2, 0.25) is 0 Å². The molecule has 1 amide bonds. The molecule has 0 fully saturated rings. The molecule has 0 aliphatic carbocycles. The number of carbonyl (C=O) groups is 1. The number of rotatable bonds is 7. The highest BCUT2D eigenvalue weighted by Gasteiger charge is 2.14. The molecular formula is C20H15FN2O4S. The van der Waals surface area contributed by atoms with E-state index in [1.165, 1.54) is 11.8 Å². The lowest BCUT2D eigenvalue weighted by Crippen LogP contribution is -2.20. The molecular weight excluding hydrogens is 383 g/mol. The van der Waals surface area contributed by atoms with Gasteiger partial charge in [0.1, 0.15) is 0 Å². The van der Waals surface area contributed by atoms with Crippen molar-refractivity contribution >= 4 is 29.0 Å². The van der Waals surface area contributed by atoms with Crippen molar-refractivity contribution in [2.45, 2.75) is 9.79 Å². The quantitative estimate of drug-likeness (QED) is 0.452. The predicted octanol–water partition coefficient (Wildman–Crippen LogP) is 4.90. The van der Waals surface area contributed by atoms with Gasteiger partial charge in [-0.3, -0.25) is 14.9 Å². The van der Waals surface area contributed by atoms with Crippen LogP contribution in [-0.4, -0.2) is 17.4 Å². The summed E-state index contributed by atoms with van der Waals surface area (Å²) in [7, 11) is 0. The first kappa shape index (κ1) is 19.4. The first-order chi connectivity index (χ1) is 13.5. The Kier molecular flexibility index (Phi) is 6.23. The first-order valence-electron chi connectivity index (χ1n) is 8.21. The molecule has 8 heteroatoms. The number of nitrogens with one attached hydrogen (secondary N) is 1. The summed E-state index contributed by atoms with van der Waals surface area (Å²) in [6.45, 7) is -0.431. The summed E-state index contributed by atoms with van der Waals surface area (Å²) in [5.74, 6) is -1.60. The minimum atomic E-state index is -0.901. The summed E-state index contributed by atoms with van der Waals surface area (Å²) in [5, 5.41) is 13.4. The molecule has 3 rings (SSSR count). The Morgan fingerprint density at radius 2 is 1.79 bits per heavy atom. The Morgan fingerprint density at radius 1 is 1.07 bits per heavy atom. The van der Waals surface area contributed by atoms with Gasteiger partial charge >= 0.3 is 0 Å². The number of non-ortho nitro benzene ring substituents is 1. The third kappa shape index (κ3) is 5.08. The summed E-state index contributed by atoms with van der Waals surface area (Å²) in [5.41, 5.74) is 0.218. The van der Waals surface area contributed by atoms with E-state index in [9.17, 15) is 19.3 Å². The van der Waals surface area contributed by atoms with Crippen molar-refractivity contribution in [2.75, 3.05) is 11.9 Å². The standard InChI is InChI=1S/C20H15FN2O4S/c21-16-12-14(23(25)26)10-11-18(16)27-13-20(24)22-17-8-4-5-9-19(17)28-15-6-2-1-3-7-15/h1-12H,13H2,(H,22,24). The first-order valence-corrected chi connectivity index (χ1v) is 9.03. The van der Waals surface area contributed by atoms with E-state index < -0.39 is 23.3 Å². The highest BCUT2D eigenvalue weighted by molar-refractivity contribution is 7.99. The summed E-state index contributed by atoms with van der Waals surface area (Å²) in [4.78, 5) is 24.0. The van der Waals surface area contributed by atoms with Crippen LogP contribution in [0.15, 0.2) is 82.6 Å². The number of nitrogens with zero attached hydrogens (tertiary/aromatic N) is 1. The van der Waals surface area contributed by atoms with Gasteiger partial charge in [0.15, 0.2) is 18.2 Å². The van der Waals surface area contributed by atoms with Gasteiger partial charge in [-0.15, -0.1) is 0 Å². The lowest BCUT2D eigenvalue weighted by atomic mass is 10.3. The van der Waals surface area contributed by atoms with E-state index in [1.807, 2.05) is 42.5 Å². The lowest BCUT2D eigenvalue weighted by Gasteiger charge is -2.11. The van der Waals surface area contributed by atoms with Gasteiger partial charge in [-0.2, -0.15) is 0 Å². The van der Waals surface area contributed by atoms with E-state index in [0.717, 1.165) is 28.0 Å². The van der Waals surface area contributed by atoms with Crippen molar-refractivity contribution in [1.82, 2.24) is 0 Å². The minimum absolute atomic E-state index is 0.229. The highest BCUT2D eigenvalue weighted by atomic mass is 32.2. The number of anilines is 1. The third-order valence-electron chi connectivity index (χ3n) is 3.62. The molecule has 142 valence electrons. The van der Waals surface area contributed by atoms with Crippen molar-refractivity contribution in [3.8, 4) is 5.75 Å². The van der Waals surface area contributed by atoms with Crippen LogP contribution in [0.4, 0.5) is 15.8 Å². The van der Waals surface area contributed by atoms with Gasteiger partial charge in [0.25, 0.3) is 11.6 Å². The van der Waals surface area contributed by atoms with E-state index in [2.05, 4.69) is 5.32 Å². The van der Waals surface area contributed by atoms with E-state index in [1.54, 1.807) is 12.1 Å².